The van der Waals surface area contributed by atoms with E-state index in [0.29, 0.717) is 0 Å². The molecule has 2 aliphatic rings. The van der Waals surface area contributed by atoms with Gasteiger partial charge in [0.1, 0.15) is 0 Å². The Kier molecular flexibility index (Phi) is 5.07. The monoisotopic (exact) mass is 225 g/mol. The molecule has 1 unspecified atom stereocenters. The van der Waals surface area contributed by atoms with Crippen molar-refractivity contribution in [1.82, 2.24) is 15.5 Å². The van der Waals surface area contributed by atoms with E-state index in [2.05, 4.69) is 22.5 Å². The third-order valence-electron chi connectivity index (χ3n) is 4.03. The molecule has 0 aromatic carbocycles. The highest BCUT2D eigenvalue weighted by molar-refractivity contribution is 4.76. The smallest absolute Gasteiger partial charge is 0.0193 e. The van der Waals surface area contributed by atoms with Crippen LogP contribution in [0, 0.1) is 5.92 Å². The molecule has 0 spiro atoms. The van der Waals surface area contributed by atoms with Crippen LogP contribution < -0.4 is 10.6 Å². The highest BCUT2D eigenvalue weighted by atomic mass is 15.1. The molecule has 0 amide bonds. The average molecular weight is 225 g/mol. The summed E-state index contributed by atoms with van der Waals surface area (Å²) < 4.78 is 0. The Hall–Kier alpha value is -0.120. The maximum absolute atomic E-state index is 3.68. The minimum atomic E-state index is 0.720. The molecule has 2 rings (SSSR count). The molecule has 2 aliphatic heterocycles. The van der Waals surface area contributed by atoms with Gasteiger partial charge in [0, 0.05) is 25.7 Å². The van der Waals surface area contributed by atoms with Crippen molar-refractivity contribution in [3.05, 3.63) is 0 Å². The molecular weight excluding hydrogens is 198 g/mol. The van der Waals surface area contributed by atoms with Gasteiger partial charge in [-0.1, -0.05) is 6.92 Å². The summed E-state index contributed by atoms with van der Waals surface area (Å²) in [6.45, 7) is 9.78. The van der Waals surface area contributed by atoms with Crippen LogP contribution in [-0.4, -0.2) is 50.2 Å². The predicted octanol–water partition coefficient (Wildman–Crippen LogP) is 1.06. The first-order valence-corrected chi connectivity index (χ1v) is 7.01. The van der Waals surface area contributed by atoms with Gasteiger partial charge in [0.05, 0.1) is 0 Å². The molecule has 0 aliphatic carbocycles. The summed E-state index contributed by atoms with van der Waals surface area (Å²) in [4.78, 5) is 2.61. The molecule has 2 N–H and O–H groups in total. The summed E-state index contributed by atoms with van der Waals surface area (Å²) in [5.41, 5.74) is 0. The summed E-state index contributed by atoms with van der Waals surface area (Å²) >= 11 is 0. The average Bonchev–Trinajstić information content (AvgIpc) is 2.33. The zero-order chi connectivity index (χ0) is 11.2. The van der Waals surface area contributed by atoms with Gasteiger partial charge < -0.3 is 15.5 Å². The van der Waals surface area contributed by atoms with Crippen LogP contribution in [0.25, 0.3) is 0 Å². The minimum absolute atomic E-state index is 0.720. The summed E-state index contributed by atoms with van der Waals surface area (Å²) in [6.07, 6.45) is 5.47. The van der Waals surface area contributed by atoms with Crippen molar-refractivity contribution >= 4 is 0 Å². The third kappa shape index (κ3) is 4.04. The number of likely N-dealkylation sites (tertiary alicyclic amines) is 1. The van der Waals surface area contributed by atoms with Gasteiger partial charge in [-0.25, -0.2) is 0 Å². The Morgan fingerprint density at radius 3 is 2.75 bits per heavy atom. The number of nitrogens with zero attached hydrogens (tertiary/aromatic N) is 1. The zero-order valence-electron chi connectivity index (χ0n) is 10.7. The molecule has 3 heteroatoms. The second-order valence-electron chi connectivity index (χ2n) is 5.52. The van der Waals surface area contributed by atoms with Crippen molar-refractivity contribution < 1.29 is 0 Å². The maximum Gasteiger partial charge on any atom is 0.0193 e. The van der Waals surface area contributed by atoms with Crippen molar-refractivity contribution in [3.63, 3.8) is 0 Å². The molecule has 0 aromatic rings. The molecule has 0 aromatic heterocycles. The molecule has 3 nitrogen and oxygen atoms in total. The van der Waals surface area contributed by atoms with Crippen LogP contribution in [0.15, 0.2) is 0 Å². The lowest BCUT2D eigenvalue weighted by Gasteiger charge is -2.31. The Balaban J connectivity index is 1.53. The van der Waals surface area contributed by atoms with E-state index in [1.54, 1.807) is 0 Å². The molecule has 2 fully saturated rings. The van der Waals surface area contributed by atoms with Gasteiger partial charge in [0.15, 0.2) is 0 Å². The second kappa shape index (κ2) is 6.58. The Labute approximate surface area is 100.0 Å². The van der Waals surface area contributed by atoms with E-state index < -0.39 is 0 Å². The van der Waals surface area contributed by atoms with Crippen LogP contribution in [0.2, 0.25) is 0 Å². The molecule has 0 saturated carbocycles. The lowest BCUT2D eigenvalue weighted by atomic mass is 9.99. The standard InChI is InChI=1S/C13H27N3/c1-12-4-8-16(9-5-12)10-7-15-13-3-2-6-14-11-13/h12-15H,2-11H2,1H3. The first kappa shape index (κ1) is 12.3. The Morgan fingerprint density at radius 1 is 1.25 bits per heavy atom. The highest BCUT2D eigenvalue weighted by Gasteiger charge is 2.16. The number of piperidine rings is 2. The van der Waals surface area contributed by atoms with Crippen LogP contribution in [0.5, 0.6) is 0 Å². The van der Waals surface area contributed by atoms with Crippen LogP contribution >= 0.6 is 0 Å². The molecule has 1 atom stereocenters. The van der Waals surface area contributed by atoms with Gasteiger partial charge in [-0.05, 0) is 51.2 Å². The Morgan fingerprint density at radius 2 is 2.06 bits per heavy atom. The van der Waals surface area contributed by atoms with E-state index >= 15 is 0 Å². The van der Waals surface area contributed by atoms with Gasteiger partial charge in [0.2, 0.25) is 0 Å². The second-order valence-corrected chi connectivity index (χ2v) is 5.52. The normalized spacial score (nSPS) is 29.4. The SMILES string of the molecule is CC1CCN(CCNC2CCCNC2)CC1. The largest absolute Gasteiger partial charge is 0.315 e. The van der Waals surface area contributed by atoms with E-state index in [1.165, 1.54) is 58.4 Å². The van der Waals surface area contributed by atoms with Crippen molar-refractivity contribution in [2.24, 2.45) is 5.92 Å². The van der Waals surface area contributed by atoms with Crippen molar-refractivity contribution in [2.45, 2.75) is 38.6 Å². The van der Waals surface area contributed by atoms with E-state index in [1.807, 2.05) is 0 Å². The molecule has 16 heavy (non-hydrogen) atoms. The van der Waals surface area contributed by atoms with Crippen molar-refractivity contribution in [1.29, 1.82) is 0 Å². The molecule has 2 heterocycles. The van der Waals surface area contributed by atoms with E-state index in [9.17, 15) is 0 Å². The summed E-state index contributed by atoms with van der Waals surface area (Å²) in [5, 5.41) is 7.13. The van der Waals surface area contributed by atoms with Crippen molar-refractivity contribution in [3.8, 4) is 0 Å². The predicted molar refractivity (Wildman–Crippen MR) is 68.7 cm³/mol. The van der Waals surface area contributed by atoms with Crippen molar-refractivity contribution in [2.75, 3.05) is 39.3 Å². The highest BCUT2D eigenvalue weighted by Crippen LogP contribution is 2.15. The third-order valence-corrected chi connectivity index (χ3v) is 4.03. The van der Waals surface area contributed by atoms with Gasteiger partial charge in [-0.15, -0.1) is 0 Å². The Bertz CT molecular complexity index is 182. The van der Waals surface area contributed by atoms with Crippen LogP contribution in [0.1, 0.15) is 32.6 Å². The van der Waals surface area contributed by atoms with Gasteiger partial charge in [0.25, 0.3) is 0 Å². The number of hydrogen-bond acceptors (Lipinski definition) is 3. The zero-order valence-corrected chi connectivity index (χ0v) is 10.7. The van der Waals surface area contributed by atoms with E-state index in [4.69, 9.17) is 0 Å². The number of hydrogen-bond donors (Lipinski definition) is 2. The van der Waals surface area contributed by atoms with E-state index in [0.717, 1.165) is 18.5 Å². The fourth-order valence-corrected chi connectivity index (χ4v) is 2.74. The summed E-state index contributed by atoms with van der Waals surface area (Å²) in [6, 6.07) is 0.720. The molecule has 2 saturated heterocycles. The topological polar surface area (TPSA) is 27.3 Å². The first-order valence-electron chi connectivity index (χ1n) is 7.01. The van der Waals surface area contributed by atoms with E-state index in [-0.39, 0.29) is 0 Å². The van der Waals surface area contributed by atoms with Crippen LogP contribution in [0.3, 0.4) is 0 Å². The van der Waals surface area contributed by atoms with Gasteiger partial charge in [-0.3, -0.25) is 0 Å². The maximum atomic E-state index is 3.68. The minimum Gasteiger partial charge on any atom is -0.315 e. The van der Waals surface area contributed by atoms with Gasteiger partial charge >= 0.3 is 0 Å². The number of nitrogens with one attached hydrogen (secondary N) is 2. The lowest BCUT2D eigenvalue weighted by molar-refractivity contribution is 0.190. The lowest BCUT2D eigenvalue weighted by Crippen LogP contribution is -2.46. The number of rotatable bonds is 4. The molecular formula is C13H27N3. The summed E-state index contributed by atoms with van der Waals surface area (Å²) in [7, 11) is 0. The van der Waals surface area contributed by atoms with Crippen LogP contribution in [0.4, 0.5) is 0 Å². The molecule has 0 bridgehead atoms. The quantitative estimate of drug-likeness (QED) is 0.749. The molecule has 0 radical (unpaired) electrons. The van der Waals surface area contributed by atoms with Crippen LogP contribution in [-0.2, 0) is 0 Å². The fourth-order valence-electron chi connectivity index (χ4n) is 2.74. The fraction of sp³-hybridized carbons (Fsp3) is 1.00. The van der Waals surface area contributed by atoms with Gasteiger partial charge in [-0.2, -0.15) is 0 Å². The summed E-state index contributed by atoms with van der Waals surface area (Å²) in [5.74, 6) is 0.951. The first-order chi connectivity index (χ1) is 7.84. The molecule has 94 valence electrons.